The van der Waals surface area contributed by atoms with Gasteiger partial charge in [0.05, 0.1) is 0 Å². The summed E-state index contributed by atoms with van der Waals surface area (Å²) >= 11 is 2.05. The predicted octanol–water partition coefficient (Wildman–Crippen LogP) is 1.19. The summed E-state index contributed by atoms with van der Waals surface area (Å²) in [4.78, 5) is 14.2. The average Bonchev–Trinajstić information content (AvgIpc) is 1.33. The van der Waals surface area contributed by atoms with Crippen LogP contribution in [0.2, 0.25) is 0 Å². The number of rotatable bonds is 0. The van der Waals surface area contributed by atoms with Gasteiger partial charge in [-0.05, 0) is 4.08 Å². The minimum absolute atomic E-state index is 1.72. The minimum atomic E-state index is -2.87. The summed E-state index contributed by atoms with van der Waals surface area (Å²) in [5, 5.41) is 0. The highest BCUT2D eigenvalue weighted by Crippen LogP contribution is 1.98. The van der Waals surface area contributed by atoms with Crippen molar-refractivity contribution in [1.82, 2.24) is 0 Å². The van der Waals surface area contributed by atoms with E-state index in [1.807, 2.05) is 0 Å². The highest BCUT2D eigenvalue weighted by Gasteiger charge is 1.93. The van der Waals surface area contributed by atoms with Crippen LogP contribution in [0.5, 0.6) is 0 Å². The third-order valence-corrected chi connectivity index (χ3v) is 0. The van der Waals surface area contributed by atoms with Gasteiger partial charge in [0.1, 0.15) is 0 Å². The molecule has 0 saturated carbocycles. The van der Waals surface area contributed by atoms with Crippen LogP contribution in [-0.2, 0) is 4.57 Å². The maximum Gasteiger partial charge on any atom is 0.692 e. The third-order valence-electron chi connectivity index (χ3n) is 0. The summed E-state index contributed by atoms with van der Waals surface area (Å²) in [5.74, 6) is 0. The van der Waals surface area contributed by atoms with Gasteiger partial charge in [-0.3, -0.25) is 0 Å². The molecule has 0 saturated heterocycles. The first-order chi connectivity index (χ1) is 3.15. The first kappa shape index (κ1) is 10.5. The molecule has 7 heavy (non-hydrogen) atoms. The smallest absolute Gasteiger partial charge is 0.134 e. The quantitative estimate of drug-likeness (QED) is 0.489. The van der Waals surface area contributed by atoms with Crippen molar-refractivity contribution in [2.24, 2.45) is 0 Å². The molecule has 0 amide bonds. The highest BCUT2D eigenvalue weighted by atomic mass is 127. The molecular formula is C2H5IO3P+. The first-order valence-electron chi connectivity index (χ1n) is 1.21. The van der Waals surface area contributed by atoms with Crippen molar-refractivity contribution in [3.8, 4) is 0 Å². The van der Waals surface area contributed by atoms with Crippen LogP contribution in [0.15, 0.2) is 10.7 Å². The second-order valence-electron chi connectivity index (χ2n) is 0.407. The lowest BCUT2D eigenvalue weighted by Gasteiger charge is -1.34. The summed E-state index contributed by atoms with van der Waals surface area (Å²) in [7, 11) is -2.87. The molecule has 0 rings (SSSR count). The lowest BCUT2D eigenvalue weighted by Crippen LogP contribution is -1.38. The zero-order chi connectivity index (χ0) is 6.28. The summed E-state index contributed by atoms with van der Waals surface area (Å²) in [5.41, 5.74) is 0. The van der Waals surface area contributed by atoms with E-state index < -0.39 is 8.25 Å². The van der Waals surface area contributed by atoms with Crippen LogP contribution in [0.25, 0.3) is 0 Å². The Labute approximate surface area is 56.1 Å². The summed E-state index contributed by atoms with van der Waals surface area (Å²) in [6.07, 6.45) is 0. The molecule has 0 aromatic rings. The molecule has 0 heterocycles. The number of halogens is 1. The van der Waals surface area contributed by atoms with Gasteiger partial charge in [0, 0.05) is 4.57 Å². The van der Waals surface area contributed by atoms with Crippen molar-refractivity contribution in [1.29, 1.82) is 0 Å². The Morgan fingerprint density at radius 2 is 1.71 bits per heavy atom. The largest absolute Gasteiger partial charge is 0.692 e. The average molecular weight is 235 g/mol. The maximum absolute atomic E-state index is 8.70. The molecule has 0 bridgehead atoms. The van der Waals surface area contributed by atoms with Gasteiger partial charge in [-0.15, -0.1) is 9.79 Å². The molecule has 0 aromatic carbocycles. The van der Waals surface area contributed by atoms with E-state index in [4.69, 9.17) is 14.4 Å². The molecule has 0 atom stereocenters. The van der Waals surface area contributed by atoms with E-state index in [0.29, 0.717) is 0 Å². The van der Waals surface area contributed by atoms with E-state index in [1.54, 1.807) is 4.08 Å². The van der Waals surface area contributed by atoms with Crippen molar-refractivity contribution in [2.45, 2.75) is 0 Å². The Bertz CT molecular complexity index is 60.0. The van der Waals surface area contributed by atoms with Gasteiger partial charge < -0.3 is 0 Å². The van der Waals surface area contributed by atoms with E-state index in [-0.39, 0.29) is 0 Å². The van der Waals surface area contributed by atoms with Crippen LogP contribution in [0.3, 0.4) is 0 Å². The van der Waals surface area contributed by atoms with Gasteiger partial charge in [0.25, 0.3) is 0 Å². The molecule has 0 aliphatic heterocycles. The van der Waals surface area contributed by atoms with Crippen LogP contribution in [0, 0.1) is 0 Å². The maximum atomic E-state index is 8.70. The Morgan fingerprint density at radius 1 is 1.71 bits per heavy atom. The fourth-order valence-electron chi connectivity index (χ4n) is 0. The molecule has 0 radical (unpaired) electrons. The molecule has 2 N–H and O–H groups in total. The van der Waals surface area contributed by atoms with Gasteiger partial charge in [0.15, 0.2) is 0 Å². The Kier molecular flexibility index (Phi) is 14.5. The fraction of sp³-hybridized carbons (Fsp3) is 0. The minimum Gasteiger partial charge on any atom is -0.134 e. The van der Waals surface area contributed by atoms with E-state index >= 15 is 0 Å². The second-order valence-corrected chi connectivity index (χ2v) is 1.79. The van der Waals surface area contributed by atoms with Crippen LogP contribution in [0.1, 0.15) is 0 Å². The standard InChI is InChI=1S/C2H3I.HO3P/c1-2-3;1-4(2)3/h2H,1H2;(H-,1,2,3)/p+1. The number of hydrogen-bond donors (Lipinski definition) is 2. The molecular weight excluding hydrogens is 230 g/mol. The zero-order valence-electron chi connectivity index (χ0n) is 3.41. The van der Waals surface area contributed by atoms with Crippen molar-refractivity contribution in [3.05, 3.63) is 10.7 Å². The SMILES string of the molecule is C=CI.O=[P+](O)O. The molecule has 0 unspecified atom stereocenters. The summed E-state index contributed by atoms with van der Waals surface area (Å²) in [6.45, 7) is 3.35. The normalized spacial score (nSPS) is 5.57. The molecule has 0 aliphatic rings. The molecule has 0 aliphatic carbocycles. The third kappa shape index (κ3) is 545. The molecule has 0 spiro atoms. The summed E-state index contributed by atoms with van der Waals surface area (Å²) < 4.78 is 10.4. The van der Waals surface area contributed by atoms with E-state index in [0.717, 1.165) is 0 Å². The Morgan fingerprint density at radius 3 is 1.71 bits per heavy atom. The van der Waals surface area contributed by atoms with Gasteiger partial charge in [0.2, 0.25) is 0 Å². The fourth-order valence-corrected chi connectivity index (χ4v) is 0. The molecule has 0 aromatic heterocycles. The van der Waals surface area contributed by atoms with Gasteiger partial charge in [-0.1, -0.05) is 29.2 Å². The van der Waals surface area contributed by atoms with Crippen LogP contribution in [-0.4, -0.2) is 9.79 Å². The summed E-state index contributed by atoms with van der Waals surface area (Å²) in [6, 6.07) is 0. The topological polar surface area (TPSA) is 57.5 Å². The highest BCUT2D eigenvalue weighted by molar-refractivity contribution is 14.1. The lowest BCUT2D eigenvalue weighted by atomic mass is 11.3. The Hall–Kier alpha value is 0.490. The molecule has 0 fully saturated rings. The second kappa shape index (κ2) is 9.70. The van der Waals surface area contributed by atoms with Gasteiger partial charge in [-0.25, -0.2) is 0 Å². The Balaban J connectivity index is 0. The lowest BCUT2D eigenvalue weighted by molar-refractivity contribution is 0.405. The molecule has 3 nitrogen and oxygen atoms in total. The van der Waals surface area contributed by atoms with Gasteiger partial charge >= 0.3 is 8.25 Å². The van der Waals surface area contributed by atoms with Crippen LogP contribution < -0.4 is 0 Å². The van der Waals surface area contributed by atoms with Crippen molar-refractivity contribution in [3.63, 3.8) is 0 Å². The molecule has 5 heteroatoms. The van der Waals surface area contributed by atoms with E-state index in [2.05, 4.69) is 29.2 Å². The monoisotopic (exact) mass is 235 g/mol. The van der Waals surface area contributed by atoms with Crippen molar-refractivity contribution >= 4 is 30.8 Å². The van der Waals surface area contributed by atoms with E-state index in [9.17, 15) is 0 Å². The van der Waals surface area contributed by atoms with Crippen LogP contribution >= 0.6 is 30.8 Å². The number of hydrogen-bond acceptors (Lipinski definition) is 1. The van der Waals surface area contributed by atoms with E-state index in [1.165, 1.54) is 0 Å². The van der Waals surface area contributed by atoms with Crippen molar-refractivity contribution in [2.75, 3.05) is 0 Å². The molecule has 42 valence electrons. The zero-order valence-corrected chi connectivity index (χ0v) is 6.46. The van der Waals surface area contributed by atoms with Crippen molar-refractivity contribution < 1.29 is 14.4 Å². The predicted molar refractivity (Wildman–Crippen MR) is 36.3 cm³/mol. The van der Waals surface area contributed by atoms with Gasteiger partial charge in [-0.2, -0.15) is 0 Å². The van der Waals surface area contributed by atoms with Crippen LogP contribution in [0.4, 0.5) is 0 Å². The first-order valence-corrected chi connectivity index (χ1v) is 3.62.